The van der Waals surface area contributed by atoms with Crippen molar-refractivity contribution < 1.29 is 27.5 Å². The molecule has 1 aromatic carbocycles. The van der Waals surface area contributed by atoms with E-state index in [1.807, 2.05) is 0 Å². The second kappa shape index (κ2) is 9.50. The molecule has 1 N–H and O–H groups in total. The monoisotopic (exact) mass is 471 g/mol. The minimum absolute atomic E-state index is 0.0782. The summed E-state index contributed by atoms with van der Waals surface area (Å²) in [5.41, 5.74) is -0.218. The van der Waals surface area contributed by atoms with Gasteiger partial charge in [0.1, 0.15) is 17.1 Å². The standard InChI is InChI=1S/C24H23F2N3O5/c1-14(18-7-4-12-34-18)27-23(31)21-17-8-9-28(10-11-29(17)20(30)13-19(21)33-2)24(32)15-5-3-6-16(25)22(15)26/h3-7,12-14H,8-11H2,1-2H3,(H,27,31). The molecule has 0 fully saturated rings. The lowest BCUT2D eigenvalue weighted by Gasteiger charge is -2.20. The first-order valence-electron chi connectivity index (χ1n) is 10.7. The van der Waals surface area contributed by atoms with Gasteiger partial charge in [-0.1, -0.05) is 6.07 Å². The number of rotatable bonds is 5. The van der Waals surface area contributed by atoms with Crippen molar-refractivity contribution in [2.45, 2.75) is 25.9 Å². The maximum Gasteiger partial charge on any atom is 0.257 e. The lowest BCUT2D eigenvalue weighted by molar-refractivity contribution is 0.0753. The zero-order valence-corrected chi connectivity index (χ0v) is 18.6. The van der Waals surface area contributed by atoms with Crippen LogP contribution in [0.15, 0.2) is 51.9 Å². The lowest BCUT2D eigenvalue weighted by atomic mass is 10.1. The van der Waals surface area contributed by atoms with Gasteiger partial charge in [0, 0.05) is 37.8 Å². The molecule has 1 atom stereocenters. The highest BCUT2D eigenvalue weighted by Crippen LogP contribution is 2.25. The molecule has 178 valence electrons. The fourth-order valence-electron chi connectivity index (χ4n) is 4.07. The molecule has 34 heavy (non-hydrogen) atoms. The summed E-state index contributed by atoms with van der Waals surface area (Å²) in [5.74, 6) is -2.84. The summed E-state index contributed by atoms with van der Waals surface area (Å²) >= 11 is 0. The number of halogens is 2. The van der Waals surface area contributed by atoms with Gasteiger partial charge < -0.3 is 23.9 Å². The summed E-state index contributed by atoms with van der Waals surface area (Å²) in [6.45, 7) is 2.01. The molecule has 0 saturated carbocycles. The van der Waals surface area contributed by atoms with E-state index in [0.29, 0.717) is 11.5 Å². The summed E-state index contributed by atoms with van der Waals surface area (Å²) in [6.07, 6.45) is 1.63. The highest BCUT2D eigenvalue weighted by molar-refractivity contribution is 5.98. The van der Waals surface area contributed by atoms with Gasteiger partial charge in [-0.3, -0.25) is 14.4 Å². The molecule has 1 unspecified atom stereocenters. The van der Waals surface area contributed by atoms with E-state index < -0.39 is 35.0 Å². The maximum atomic E-state index is 14.2. The molecule has 1 aliphatic rings. The first-order valence-corrected chi connectivity index (χ1v) is 10.7. The van der Waals surface area contributed by atoms with E-state index in [-0.39, 0.29) is 42.9 Å². The van der Waals surface area contributed by atoms with E-state index in [0.717, 1.165) is 6.07 Å². The first kappa shape index (κ1) is 23.2. The molecule has 3 heterocycles. The van der Waals surface area contributed by atoms with Crippen LogP contribution in [0.3, 0.4) is 0 Å². The van der Waals surface area contributed by atoms with Gasteiger partial charge in [-0.15, -0.1) is 0 Å². The van der Waals surface area contributed by atoms with Crippen molar-refractivity contribution in [3.8, 4) is 5.75 Å². The third kappa shape index (κ3) is 4.30. The summed E-state index contributed by atoms with van der Waals surface area (Å²) in [6, 6.07) is 7.62. The van der Waals surface area contributed by atoms with Gasteiger partial charge >= 0.3 is 0 Å². The fourth-order valence-corrected chi connectivity index (χ4v) is 4.07. The Balaban J connectivity index is 1.65. The van der Waals surface area contributed by atoms with E-state index in [1.165, 1.54) is 41.0 Å². The number of furan rings is 1. The van der Waals surface area contributed by atoms with Gasteiger partial charge in [-0.05, 0) is 31.2 Å². The van der Waals surface area contributed by atoms with Crippen LogP contribution in [0, 0.1) is 11.6 Å². The van der Waals surface area contributed by atoms with Crippen LogP contribution in [0.2, 0.25) is 0 Å². The Morgan fingerprint density at radius 1 is 1.15 bits per heavy atom. The third-order valence-corrected chi connectivity index (χ3v) is 5.83. The number of amides is 2. The molecule has 2 aromatic heterocycles. The van der Waals surface area contributed by atoms with Crippen LogP contribution < -0.4 is 15.6 Å². The molecule has 8 nitrogen and oxygen atoms in total. The van der Waals surface area contributed by atoms with E-state index in [9.17, 15) is 23.2 Å². The number of carbonyl (C=O) groups excluding carboxylic acids is 2. The van der Waals surface area contributed by atoms with Crippen LogP contribution >= 0.6 is 0 Å². The quantitative estimate of drug-likeness (QED) is 0.618. The SMILES string of the molecule is COc1cc(=O)n2c(c1C(=O)NC(C)c1ccco1)CCN(C(=O)c1cccc(F)c1F)CC2. The average molecular weight is 471 g/mol. The molecular weight excluding hydrogens is 448 g/mol. The van der Waals surface area contributed by atoms with E-state index in [4.69, 9.17) is 9.15 Å². The van der Waals surface area contributed by atoms with Gasteiger partial charge in [-0.2, -0.15) is 0 Å². The smallest absolute Gasteiger partial charge is 0.257 e. The highest BCUT2D eigenvalue weighted by atomic mass is 19.2. The van der Waals surface area contributed by atoms with Crippen LogP contribution in [-0.2, 0) is 13.0 Å². The zero-order valence-electron chi connectivity index (χ0n) is 18.6. The third-order valence-electron chi connectivity index (χ3n) is 5.83. The lowest BCUT2D eigenvalue weighted by Crippen LogP contribution is -2.35. The van der Waals surface area contributed by atoms with Gasteiger partial charge in [0.25, 0.3) is 17.4 Å². The van der Waals surface area contributed by atoms with Crippen molar-refractivity contribution in [3.63, 3.8) is 0 Å². The Morgan fingerprint density at radius 3 is 2.65 bits per heavy atom. The van der Waals surface area contributed by atoms with Crippen molar-refractivity contribution in [2.75, 3.05) is 20.2 Å². The van der Waals surface area contributed by atoms with E-state index in [1.54, 1.807) is 19.1 Å². The van der Waals surface area contributed by atoms with Crippen LogP contribution in [0.5, 0.6) is 5.75 Å². The number of nitrogens with one attached hydrogen (secondary N) is 1. The number of hydrogen-bond donors (Lipinski definition) is 1. The van der Waals surface area contributed by atoms with Crippen LogP contribution in [0.1, 0.15) is 45.1 Å². The second-order valence-electron chi connectivity index (χ2n) is 7.88. The zero-order chi connectivity index (χ0) is 24.4. The number of methoxy groups -OCH3 is 1. The summed E-state index contributed by atoms with van der Waals surface area (Å²) in [5, 5.41) is 2.84. The summed E-state index contributed by atoms with van der Waals surface area (Å²) < 4.78 is 39.9. The summed E-state index contributed by atoms with van der Waals surface area (Å²) in [7, 11) is 1.36. The number of benzene rings is 1. The van der Waals surface area contributed by atoms with Gasteiger partial charge in [-0.25, -0.2) is 8.78 Å². The minimum atomic E-state index is -1.22. The molecule has 0 spiro atoms. The Bertz CT molecular complexity index is 1290. The molecular formula is C24H23F2N3O5. The second-order valence-corrected chi connectivity index (χ2v) is 7.88. The fraction of sp³-hybridized carbons (Fsp3) is 0.292. The molecule has 0 aliphatic carbocycles. The Labute approximate surface area is 193 Å². The predicted molar refractivity (Wildman–Crippen MR) is 118 cm³/mol. The minimum Gasteiger partial charge on any atom is -0.496 e. The number of aromatic nitrogens is 1. The van der Waals surface area contributed by atoms with Crippen molar-refractivity contribution >= 4 is 11.8 Å². The average Bonchev–Trinajstić information content (AvgIpc) is 3.27. The molecule has 4 rings (SSSR count). The number of nitrogens with zero attached hydrogens (tertiary/aromatic N) is 2. The molecule has 3 aromatic rings. The highest BCUT2D eigenvalue weighted by Gasteiger charge is 2.29. The molecule has 0 radical (unpaired) electrons. The van der Waals surface area contributed by atoms with Crippen molar-refractivity contribution in [3.05, 3.63) is 87.2 Å². The number of hydrogen-bond acceptors (Lipinski definition) is 5. The molecule has 0 bridgehead atoms. The molecule has 0 saturated heterocycles. The first-order chi connectivity index (χ1) is 16.3. The summed E-state index contributed by atoms with van der Waals surface area (Å²) in [4.78, 5) is 40.2. The van der Waals surface area contributed by atoms with Gasteiger partial charge in [0.2, 0.25) is 0 Å². The number of fused-ring (bicyclic) bond motifs is 1. The number of pyridine rings is 1. The Hall–Kier alpha value is -3.95. The predicted octanol–water partition coefficient (Wildman–Crippen LogP) is 2.92. The van der Waals surface area contributed by atoms with Crippen LogP contribution in [0.25, 0.3) is 0 Å². The maximum absolute atomic E-state index is 14.2. The topological polar surface area (TPSA) is 93.8 Å². The Kier molecular flexibility index (Phi) is 6.49. The van der Waals surface area contributed by atoms with Crippen molar-refractivity contribution in [1.29, 1.82) is 0 Å². The van der Waals surface area contributed by atoms with E-state index >= 15 is 0 Å². The van der Waals surface area contributed by atoms with Crippen molar-refractivity contribution in [1.82, 2.24) is 14.8 Å². The molecule has 1 aliphatic heterocycles. The van der Waals surface area contributed by atoms with Gasteiger partial charge in [0.05, 0.1) is 25.0 Å². The van der Waals surface area contributed by atoms with Crippen LogP contribution in [0.4, 0.5) is 8.78 Å². The molecule has 10 heteroatoms. The molecule has 2 amide bonds. The number of ether oxygens (including phenoxy) is 1. The normalized spacial score (nSPS) is 14.2. The Morgan fingerprint density at radius 2 is 1.94 bits per heavy atom. The number of carbonyl (C=O) groups is 2. The van der Waals surface area contributed by atoms with Crippen LogP contribution in [-0.4, -0.2) is 41.5 Å². The van der Waals surface area contributed by atoms with Crippen molar-refractivity contribution in [2.24, 2.45) is 0 Å². The van der Waals surface area contributed by atoms with E-state index in [2.05, 4.69) is 5.32 Å². The van der Waals surface area contributed by atoms with Gasteiger partial charge in [0.15, 0.2) is 11.6 Å². The largest absolute Gasteiger partial charge is 0.496 e.